The first-order valence-electron chi connectivity index (χ1n) is 9.26. The third-order valence-electron chi connectivity index (χ3n) is 5.56. The highest BCUT2D eigenvalue weighted by atomic mass is 79.9. The summed E-state index contributed by atoms with van der Waals surface area (Å²) in [5, 5.41) is 2.91. The van der Waals surface area contributed by atoms with Crippen LogP contribution in [0, 0.1) is 0 Å². The molecule has 4 rings (SSSR count). The second-order valence-electron chi connectivity index (χ2n) is 8.68. The Hall–Kier alpha value is -1.90. The predicted molar refractivity (Wildman–Crippen MR) is 103 cm³/mol. The van der Waals surface area contributed by atoms with Gasteiger partial charge in [-0.25, -0.2) is 9.78 Å². The van der Waals surface area contributed by atoms with Gasteiger partial charge in [0.2, 0.25) is 0 Å². The van der Waals surface area contributed by atoms with Gasteiger partial charge in [0.05, 0.1) is 5.69 Å². The molecule has 1 fully saturated rings. The quantitative estimate of drug-likeness (QED) is 0.683. The summed E-state index contributed by atoms with van der Waals surface area (Å²) in [7, 11) is 0. The minimum Gasteiger partial charge on any atom is -0.444 e. The normalized spacial score (nSPS) is 21.7. The first-order valence-corrected chi connectivity index (χ1v) is 10.1. The van der Waals surface area contributed by atoms with Gasteiger partial charge in [0.1, 0.15) is 5.60 Å². The third kappa shape index (κ3) is 3.05. The molecule has 0 saturated carbocycles. The number of carbonyl (C=O) groups excluding carboxylic acids is 1. The van der Waals surface area contributed by atoms with Gasteiger partial charge in [0.25, 0.3) is 11.3 Å². The minimum absolute atomic E-state index is 0.0803. The molecule has 0 radical (unpaired) electrons. The number of aromatic amines is 1. The van der Waals surface area contributed by atoms with Crippen LogP contribution in [-0.4, -0.2) is 49.3 Å². The molecule has 1 amide bonds. The molecular weight excluding hydrogens is 414 g/mol. The minimum atomic E-state index is -0.511. The third-order valence-corrected chi connectivity index (χ3v) is 5.92. The molecule has 8 nitrogen and oxygen atoms in total. The first kappa shape index (κ1) is 18.5. The Kier molecular flexibility index (Phi) is 4.14. The van der Waals surface area contributed by atoms with E-state index in [9.17, 15) is 9.59 Å². The van der Waals surface area contributed by atoms with E-state index < -0.39 is 5.60 Å². The zero-order chi connectivity index (χ0) is 19.6. The van der Waals surface area contributed by atoms with E-state index in [2.05, 4.69) is 37.9 Å². The number of hydrogen-bond donors (Lipinski definition) is 1. The molecular formula is C18H24BrN5O3. The molecule has 1 aliphatic carbocycles. The molecule has 0 aromatic carbocycles. The number of H-pyrrole nitrogens is 1. The Morgan fingerprint density at radius 2 is 1.96 bits per heavy atom. The van der Waals surface area contributed by atoms with Crippen LogP contribution in [0.1, 0.15) is 64.1 Å². The number of halogens is 1. The van der Waals surface area contributed by atoms with Gasteiger partial charge in [0.15, 0.2) is 4.73 Å². The Labute approximate surface area is 165 Å². The van der Waals surface area contributed by atoms with E-state index in [0.29, 0.717) is 23.6 Å². The fourth-order valence-electron chi connectivity index (χ4n) is 4.44. The van der Waals surface area contributed by atoms with E-state index in [1.54, 1.807) is 4.90 Å². The van der Waals surface area contributed by atoms with Crippen LogP contribution in [0.2, 0.25) is 0 Å². The lowest BCUT2D eigenvalue weighted by Gasteiger charge is -2.40. The van der Waals surface area contributed by atoms with Crippen molar-refractivity contribution in [1.29, 1.82) is 0 Å². The molecule has 1 N–H and O–H groups in total. The maximum absolute atomic E-state index is 13.2. The van der Waals surface area contributed by atoms with Crippen molar-refractivity contribution >= 4 is 27.8 Å². The molecule has 1 saturated heterocycles. The zero-order valence-corrected chi connectivity index (χ0v) is 17.6. The highest BCUT2D eigenvalue weighted by Gasteiger charge is 2.48. The second-order valence-corrected chi connectivity index (χ2v) is 9.43. The molecule has 9 heteroatoms. The summed E-state index contributed by atoms with van der Waals surface area (Å²) >= 11 is 3.27. The second kappa shape index (κ2) is 6.05. The number of hydrogen-bond acceptors (Lipinski definition) is 5. The fraction of sp³-hybridized carbons (Fsp3) is 0.667. The molecule has 1 spiro atoms. The van der Waals surface area contributed by atoms with Crippen molar-refractivity contribution in [2.24, 2.45) is 0 Å². The average molecular weight is 438 g/mol. The molecule has 2 aliphatic rings. The summed E-state index contributed by atoms with van der Waals surface area (Å²) in [5.74, 6) is 0.585. The summed E-state index contributed by atoms with van der Waals surface area (Å²) in [6.07, 6.45) is 2.07. The number of likely N-dealkylation sites (tertiary alicyclic amines) is 1. The highest BCUT2D eigenvalue weighted by Crippen LogP contribution is 2.49. The molecule has 146 valence electrons. The van der Waals surface area contributed by atoms with E-state index in [1.165, 1.54) is 4.52 Å². The monoisotopic (exact) mass is 437 g/mol. The number of nitrogens with one attached hydrogen (secondary N) is 1. The van der Waals surface area contributed by atoms with E-state index in [0.717, 1.165) is 30.5 Å². The largest absolute Gasteiger partial charge is 0.444 e. The molecule has 1 aliphatic heterocycles. The Balaban J connectivity index is 1.65. The van der Waals surface area contributed by atoms with Gasteiger partial charge < -0.3 is 9.64 Å². The van der Waals surface area contributed by atoms with Crippen molar-refractivity contribution in [2.45, 2.75) is 63.9 Å². The number of carbonyl (C=O) groups is 1. The van der Waals surface area contributed by atoms with Crippen molar-refractivity contribution in [2.75, 3.05) is 13.1 Å². The van der Waals surface area contributed by atoms with Crippen LogP contribution in [0.5, 0.6) is 0 Å². The molecule has 3 heterocycles. The van der Waals surface area contributed by atoms with Crippen LogP contribution in [0.4, 0.5) is 4.79 Å². The Morgan fingerprint density at radius 3 is 2.59 bits per heavy atom. The van der Waals surface area contributed by atoms with Gasteiger partial charge in [-0.15, -0.1) is 0 Å². The van der Waals surface area contributed by atoms with Crippen LogP contribution in [0.15, 0.2) is 9.53 Å². The van der Waals surface area contributed by atoms with E-state index in [4.69, 9.17) is 4.74 Å². The Bertz CT molecular complexity index is 966. The van der Waals surface area contributed by atoms with Crippen molar-refractivity contribution in [1.82, 2.24) is 24.5 Å². The van der Waals surface area contributed by atoms with Gasteiger partial charge in [-0.3, -0.25) is 9.89 Å². The van der Waals surface area contributed by atoms with Gasteiger partial charge >= 0.3 is 6.09 Å². The fourth-order valence-corrected chi connectivity index (χ4v) is 4.78. The number of nitrogens with zero attached hydrogens (tertiary/aromatic N) is 4. The summed E-state index contributed by atoms with van der Waals surface area (Å²) in [5.41, 5.74) is 0.805. The smallest absolute Gasteiger partial charge is 0.410 e. The van der Waals surface area contributed by atoms with Gasteiger partial charge in [-0.05, 0) is 61.9 Å². The van der Waals surface area contributed by atoms with Crippen molar-refractivity contribution in [3.8, 4) is 0 Å². The van der Waals surface area contributed by atoms with Gasteiger partial charge in [-0.1, -0.05) is 6.92 Å². The number of rotatable bonds is 0. The molecule has 2 aromatic heterocycles. The molecule has 0 bridgehead atoms. The van der Waals surface area contributed by atoms with Crippen LogP contribution in [-0.2, 0) is 10.2 Å². The molecule has 27 heavy (non-hydrogen) atoms. The highest BCUT2D eigenvalue weighted by molar-refractivity contribution is 9.10. The van der Waals surface area contributed by atoms with Crippen LogP contribution < -0.4 is 5.56 Å². The number of fused-ring (bicyclic) bond motifs is 3. The topological polar surface area (TPSA) is 92.6 Å². The lowest BCUT2D eigenvalue weighted by molar-refractivity contribution is 0.0162. The first-order chi connectivity index (χ1) is 12.6. The van der Waals surface area contributed by atoms with Crippen molar-refractivity contribution in [3.63, 3.8) is 0 Å². The van der Waals surface area contributed by atoms with Crippen molar-refractivity contribution in [3.05, 3.63) is 26.3 Å². The summed E-state index contributed by atoms with van der Waals surface area (Å²) < 4.78 is 7.38. The lowest BCUT2D eigenvalue weighted by Crippen LogP contribution is -2.47. The van der Waals surface area contributed by atoms with E-state index >= 15 is 0 Å². The van der Waals surface area contributed by atoms with Crippen LogP contribution in [0.25, 0.3) is 5.78 Å². The molecule has 0 unspecified atom stereocenters. The van der Waals surface area contributed by atoms with Crippen LogP contribution >= 0.6 is 15.9 Å². The number of piperidine rings is 1. The number of aromatic nitrogens is 4. The summed E-state index contributed by atoms with van der Waals surface area (Å²) in [6, 6.07) is 0. The van der Waals surface area contributed by atoms with E-state index in [1.807, 2.05) is 20.8 Å². The van der Waals surface area contributed by atoms with Gasteiger partial charge in [0, 0.05) is 24.1 Å². The van der Waals surface area contributed by atoms with Crippen LogP contribution in [0.3, 0.4) is 0 Å². The SMILES string of the molecule is C[C@H]1CC2(CCN(C(=O)OC(C)(C)C)CC2)c2c1nc1nc(Br)[nH]n1c2=O. The maximum atomic E-state index is 13.2. The standard InChI is InChI=1S/C18H24BrN5O3/c1-10-9-18(5-7-23(8-6-18)16(26)27-17(2,3)4)11-12(10)20-15-21-14(19)22-24(15)13(11)25/h10H,5-9H2,1-4H3,(H,20,21,22)/t10-/m0/s1. The Morgan fingerprint density at radius 1 is 1.30 bits per heavy atom. The number of amides is 1. The maximum Gasteiger partial charge on any atom is 0.410 e. The van der Waals surface area contributed by atoms with Gasteiger partial charge in [-0.2, -0.15) is 9.50 Å². The predicted octanol–water partition coefficient (Wildman–Crippen LogP) is 2.96. The summed E-state index contributed by atoms with van der Waals surface area (Å²) in [6.45, 7) is 8.87. The molecule has 2 aromatic rings. The number of ether oxygens (including phenoxy) is 1. The zero-order valence-electron chi connectivity index (χ0n) is 16.0. The van der Waals surface area contributed by atoms with Crippen molar-refractivity contribution < 1.29 is 9.53 Å². The average Bonchev–Trinajstić information content (AvgIpc) is 3.05. The lowest BCUT2D eigenvalue weighted by atomic mass is 9.74. The molecule has 1 atom stereocenters. The van der Waals surface area contributed by atoms with E-state index in [-0.39, 0.29) is 23.0 Å². The summed E-state index contributed by atoms with van der Waals surface area (Å²) in [4.78, 5) is 36.2.